The molecule has 3 aromatic carbocycles. The summed E-state index contributed by atoms with van der Waals surface area (Å²) in [6.07, 6.45) is 0.957. The van der Waals surface area contributed by atoms with E-state index in [1.54, 1.807) is 5.01 Å². The molecule has 170 valence electrons. The Bertz CT molecular complexity index is 1420. The average molecular weight is 488 g/mol. The molecule has 4 aromatic rings. The molecule has 2 heterocycles. The standard InChI is InChI=1S/C28H23Cl2N3O/c1-3-26(34)33-25(18-9-11-20(29)12-10-18)16-24(32-33)27-17(2)31-23-14-13-21(30)15-22(23)28(27)19-7-5-4-6-8-19/h4-15,25H,3,16H2,1-2H3/t25-/m1/s1. The second kappa shape index (κ2) is 9.21. The largest absolute Gasteiger partial charge is 0.273 e. The molecule has 5 rings (SSSR count). The summed E-state index contributed by atoms with van der Waals surface area (Å²) in [7, 11) is 0. The molecule has 0 aliphatic carbocycles. The first-order chi connectivity index (χ1) is 16.5. The van der Waals surface area contributed by atoms with E-state index in [9.17, 15) is 4.79 Å². The minimum absolute atomic E-state index is 0.0225. The summed E-state index contributed by atoms with van der Waals surface area (Å²) < 4.78 is 0. The smallest absolute Gasteiger partial charge is 0.242 e. The van der Waals surface area contributed by atoms with Gasteiger partial charge in [-0.15, -0.1) is 0 Å². The zero-order valence-electron chi connectivity index (χ0n) is 18.9. The first kappa shape index (κ1) is 22.6. The summed E-state index contributed by atoms with van der Waals surface area (Å²) in [5, 5.41) is 8.77. The number of carbonyl (C=O) groups is 1. The third kappa shape index (κ3) is 4.08. The molecule has 0 bridgehead atoms. The van der Waals surface area contributed by atoms with Crippen LogP contribution in [0.2, 0.25) is 10.0 Å². The van der Waals surface area contributed by atoms with Gasteiger partial charge < -0.3 is 0 Å². The van der Waals surface area contributed by atoms with Crippen molar-refractivity contribution in [3.05, 3.63) is 99.7 Å². The van der Waals surface area contributed by atoms with Crippen LogP contribution in [0.3, 0.4) is 0 Å². The van der Waals surface area contributed by atoms with Crippen molar-refractivity contribution in [3.63, 3.8) is 0 Å². The van der Waals surface area contributed by atoms with E-state index in [1.807, 2.05) is 74.5 Å². The molecule has 4 nitrogen and oxygen atoms in total. The van der Waals surface area contributed by atoms with Gasteiger partial charge in [0.2, 0.25) is 5.91 Å². The molecule has 0 saturated carbocycles. The fraction of sp³-hybridized carbons (Fsp3) is 0.179. The molecule has 1 aromatic heterocycles. The number of amides is 1. The van der Waals surface area contributed by atoms with Gasteiger partial charge in [0.15, 0.2) is 0 Å². The van der Waals surface area contributed by atoms with Crippen LogP contribution in [0.4, 0.5) is 0 Å². The second-order valence-electron chi connectivity index (χ2n) is 8.38. The van der Waals surface area contributed by atoms with Crippen molar-refractivity contribution >= 4 is 45.7 Å². The van der Waals surface area contributed by atoms with Crippen molar-refractivity contribution < 1.29 is 4.79 Å². The van der Waals surface area contributed by atoms with E-state index in [1.165, 1.54) is 0 Å². The average Bonchev–Trinajstić information content (AvgIpc) is 3.29. The number of hydrazone groups is 1. The molecule has 0 saturated heterocycles. The number of halogens is 2. The zero-order valence-corrected chi connectivity index (χ0v) is 20.4. The van der Waals surface area contributed by atoms with E-state index in [2.05, 4.69) is 12.1 Å². The van der Waals surface area contributed by atoms with Gasteiger partial charge in [-0.3, -0.25) is 9.78 Å². The summed E-state index contributed by atoms with van der Waals surface area (Å²) in [4.78, 5) is 17.8. The van der Waals surface area contributed by atoms with Crippen LogP contribution in [0.5, 0.6) is 0 Å². The maximum atomic E-state index is 12.9. The van der Waals surface area contributed by atoms with Crippen LogP contribution in [0.1, 0.15) is 42.6 Å². The summed E-state index contributed by atoms with van der Waals surface area (Å²) in [6.45, 7) is 3.86. The van der Waals surface area contributed by atoms with Gasteiger partial charge in [-0.1, -0.05) is 72.6 Å². The second-order valence-corrected chi connectivity index (χ2v) is 9.26. The maximum Gasteiger partial charge on any atom is 0.242 e. The molecule has 6 heteroatoms. The van der Waals surface area contributed by atoms with Crippen LogP contribution in [0.25, 0.3) is 22.0 Å². The Hall–Kier alpha value is -3.21. The van der Waals surface area contributed by atoms with Crippen molar-refractivity contribution in [1.29, 1.82) is 0 Å². The minimum atomic E-state index is -0.196. The molecule has 1 aliphatic heterocycles. The molecular formula is C28H23Cl2N3O. The van der Waals surface area contributed by atoms with Crippen LogP contribution < -0.4 is 0 Å². The quantitative estimate of drug-likeness (QED) is 0.297. The zero-order chi connectivity index (χ0) is 23.8. The Balaban J connectivity index is 1.73. The van der Waals surface area contributed by atoms with E-state index < -0.39 is 0 Å². The van der Waals surface area contributed by atoms with E-state index >= 15 is 0 Å². The lowest BCUT2D eigenvalue weighted by Crippen LogP contribution is -2.26. The van der Waals surface area contributed by atoms with Crippen LogP contribution in [0, 0.1) is 6.92 Å². The molecule has 0 radical (unpaired) electrons. The Morgan fingerprint density at radius 2 is 1.68 bits per heavy atom. The summed E-state index contributed by atoms with van der Waals surface area (Å²) in [5.74, 6) is -0.0225. The number of fused-ring (bicyclic) bond motifs is 1. The highest BCUT2D eigenvalue weighted by atomic mass is 35.5. The van der Waals surface area contributed by atoms with E-state index in [0.717, 1.165) is 44.6 Å². The van der Waals surface area contributed by atoms with Crippen LogP contribution in [-0.4, -0.2) is 21.6 Å². The fourth-order valence-electron chi connectivity index (χ4n) is 4.61. The highest BCUT2D eigenvalue weighted by molar-refractivity contribution is 6.31. The normalized spacial score (nSPS) is 15.6. The molecule has 34 heavy (non-hydrogen) atoms. The van der Waals surface area contributed by atoms with E-state index in [-0.39, 0.29) is 11.9 Å². The number of nitrogens with zero attached hydrogens (tertiary/aromatic N) is 3. The van der Waals surface area contributed by atoms with Crippen molar-refractivity contribution in [2.75, 3.05) is 0 Å². The lowest BCUT2D eigenvalue weighted by atomic mass is 9.89. The number of aryl methyl sites for hydroxylation is 1. The summed E-state index contributed by atoms with van der Waals surface area (Å²) in [6, 6.07) is 23.4. The number of pyridine rings is 1. The van der Waals surface area contributed by atoms with E-state index in [4.69, 9.17) is 33.3 Å². The Labute approximate surface area is 208 Å². The van der Waals surface area contributed by atoms with Gasteiger partial charge >= 0.3 is 0 Å². The lowest BCUT2D eigenvalue weighted by Gasteiger charge is -2.21. The van der Waals surface area contributed by atoms with Crippen molar-refractivity contribution in [2.24, 2.45) is 5.10 Å². The SMILES string of the molecule is CCC(=O)N1N=C(c2c(C)nc3ccc(Cl)cc3c2-c2ccccc2)C[C@@H]1c1ccc(Cl)cc1. The molecule has 0 fully saturated rings. The number of benzene rings is 3. The number of carbonyl (C=O) groups excluding carboxylic acids is 1. The first-order valence-corrected chi connectivity index (χ1v) is 12.0. The van der Waals surface area contributed by atoms with Crippen molar-refractivity contribution in [1.82, 2.24) is 9.99 Å². The third-order valence-corrected chi connectivity index (χ3v) is 6.69. The van der Waals surface area contributed by atoms with Gasteiger partial charge in [-0.2, -0.15) is 5.10 Å². The summed E-state index contributed by atoms with van der Waals surface area (Å²) in [5.41, 5.74) is 6.62. The Morgan fingerprint density at radius 1 is 0.971 bits per heavy atom. The molecule has 1 amide bonds. The fourth-order valence-corrected chi connectivity index (χ4v) is 4.91. The topological polar surface area (TPSA) is 45.6 Å². The molecule has 1 atom stereocenters. The number of rotatable bonds is 4. The lowest BCUT2D eigenvalue weighted by molar-refractivity contribution is -0.132. The van der Waals surface area contributed by atoms with Gasteiger partial charge in [0.1, 0.15) is 0 Å². The van der Waals surface area contributed by atoms with E-state index in [0.29, 0.717) is 22.9 Å². The molecule has 1 aliphatic rings. The van der Waals surface area contributed by atoms with Gasteiger partial charge in [0.25, 0.3) is 0 Å². The van der Waals surface area contributed by atoms with Crippen LogP contribution in [0.15, 0.2) is 77.9 Å². The van der Waals surface area contributed by atoms with Crippen LogP contribution >= 0.6 is 23.2 Å². The van der Waals surface area contributed by atoms with Crippen molar-refractivity contribution in [3.8, 4) is 11.1 Å². The summed E-state index contributed by atoms with van der Waals surface area (Å²) >= 11 is 12.5. The van der Waals surface area contributed by atoms with Crippen LogP contribution in [-0.2, 0) is 4.79 Å². The Kier molecular flexibility index (Phi) is 6.11. The predicted molar refractivity (Wildman–Crippen MR) is 139 cm³/mol. The highest BCUT2D eigenvalue weighted by Crippen LogP contribution is 2.40. The van der Waals surface area contributed by atoms with Gasteiger partial charge in [0.05, 0.1) is 17.3 Å². The number of hydrogen-bond donors (Lipinski definition) is 0. The molecule has 0 N–H and O–H groups in total. The monoisotopic (exact) mass is 487 g/mol. The third-order valence-electron chi connectivity index (χ3n) is 6.20. The number of aromatic nitrogens is 1. The molecular weight excluding hydrogens is 465 g/mol. The van der Waals surface area contributed by atoms with Gasteiger partial charge in [0, 0.05) is 45.1 Å². The number of hydrogen-bond acceptors (Lipinski definition) is 3. The minimum Gasteiger partial charge on any atom is -0.273 e. The first-order valence-electron chi connectivity index (χ1n) is 11.3. The van der Waals surface area contributed by atoms with Gasteiger partial charge in [-0.05, 0) is 48.4 Å². The highest BCUT2D eigenvalue weighted by Gasteiger charge is 2.34. The molecule has 0 spiro atoms. The molecule has 0 unspecified atom stereocenters. The predicted octanol–water partition coefficient (Wildman–Crippen LogP) is 7.60. The maximum absolute atomic E-state index is 12.9. The van der Waals surface area contributed by atoms with Gasteiger partial charge in [-0.25, -0.2) is 5.01 Å². The van der Waals surface area contributed by atoms with Crippen molar-refractivity contribution in [2.45, 2.75) is 32.7 Å². The Morgan fingerprint density at radius 3 is 2.38 bits per heavy atom.